The molecule has 2 rings (SSSR count). The molecule has 1 aliphatic rings. The maximum Gasteiger partial charge on any atom is 0.315 e. The lowest BCUT2D eigenvalue weighted by molar-refractivity contribution is 0.232. The fourth-order valence-corrected chi connectivity index (χ4v) is 2.34. The van der Waals surface area contributed by atoms with Crippen molar-refractivity contribution in [3.63, 3.8) is 0 Å². The lowest BCUT2D eigenvalue weighted by atomic mass is 9.96. The van der Waals surface area contributed by atoms with Gasteiger partial charge in [-0.1, -0.05) is 19.3 Å². The number of nitrogens with zero attached hydrogens (tertiary/aromatic N) is 1. The number of rotatable bonds is 4. The topological polar surface area (TPSA) is 63.2 Å². The van der Waals surface area contributed by atoms with E-state index in [-0.39, 0.29) is 6.03 Å². The molecule has 0 aliphatic heterocycles. The minimum absolute atomic E-state index is 0.0947. The third kappa shape index (κ3) is 4.43. The molecule has 0 radical (unpaired) electrons. The van der Waals surface area contributed by atoms with E-state index in [0.29, 0.717) is 18.5 Å². The summed E-state index contributed by atoms with van der Waals surface area (Å²) in [5.41, 5.74) is 0.977. The molecule has 1 aliphatic carbocycles. The summed E-state index contributed by atoms with van der Waals surface area (Å²) in [4.78, 5) is 15.8. The lowest BCUT2D eigenvalue weighted by Crippen LogP contribution is -2.42. The molecule has 1 aromatic rings. The quantitative estimate of drug-likeness (QED) is 0.875. The van der Waals surface area contributed by atoms with Crippen LogP contribution in [-0.2, 0) is 6.54 Å². The highest BCUT2D eigenvalue weighted by Gasteiger charge is 2.15. The number of aromatic nitrogens is 1. The number of urea groups is 1. The summed E-state index contributed by atoms with van der Waals surface area (Å²) in [6.07, 6.45) is 7.58. The van der Waals surface area contributed by atoms with Crippen molar-refractivity contribution in [3.8, 4) is 5.88 Å². The summed E-state index contributed by atoms with van der Waals surface area (Å²) in [6, 6.07) is 3.92. The molecule has 2 amide bonds. The van der Waals surface area contributed by atoms with Crippen molar-refractivity contribution in [2.45, 2.75) is 44.7 Å². The zero-order valence-electron chi connectivity index (χ0n) is 11.3. The summed E-state index contributed by atoms with van der Waals surface area (Å²) >= 11 is 0. The number of hydrogen-bond donors (Lipinski definition) is 2. The Labute approximate surface area is 113 Å². The van der Waals surface area contributed by atoms with Crippen molar-refractivity contribution in [1.29, 1.82) is 0 Å². The van der Waals surface area contributed by atoms with E-state index < -0.39 is 0 Å². The van der Waals surface area contributed by atoms with Crippen LogP contribution in [0.2, 0.25) is 0 Å². The van der Waals surface area contributed by atoms with Gasteiger partial charge in [-0.2, -0.15) is 0 Å². The molecule has 0 spiro atoms. The number of pyridine rings is 1. The van der Waals surface area contributed by atoms with Crippen molar-refractivity contribution < 1.29 is 9.53 Å². The number of carbonyl (C=O) groups excluding carboxylic acids is 1. The Bertz CT molecular complexity index is 417. The van der Waals surface area contributed by atoms with Crippen molar-refractivity contribution in [3.05, 3.63) is 23.9 Å². The van der Waals surface area contributed by atoms with Gasteiger partial charge in [0.05, 0.1) is 7.11 Å². The number of nitrogens with one attached hydrogen (secondary N) is 2. The van der Waals surface area contributed by atoms with Crippen molar-refractivity contribution in [2.24, 2.45) is 0 Å². The van der Waals surface area contributed by atoms with Gasteiger partial charge in [0, 0.05) is 24.8 Å². The van der Waals surface area contributed by atoms with E-state index in [1.54, 1.807) is 13.3 Å². The number of amides is 2. The van der Waals surface area contributed by atoms with Crippen molar-refractivity contribution in [2.75, 3.05) is 7.11 Å². The third-order valence-corrected chi connectivity index (χ3v) is 3.40. The number of ether oxygens (including phenoxy) is 1. The highest BCUT2D eigenvalue weighted by atomic mass is 16.5. The van der Waals surface area contributed by atoms with E-state index in [2.05, 4.69) is 15.6 Å². The van der Waals surface area contributed by atoms with E-state index in [0.717, 1.165) is 18.4 Å². The van der Waals surface area contributed by atoms with Crippen LogP contribution in [-0.4, -0.2) is 24.2 Å². The highest BCUT2D eigenvalue weighted by Crippen LogP contribution is 2.17. The number of hydrogen-bond acceptors (Lipinski definition) is 3. The van der Waals surface area contributed by atoms with Crippen LogP contribution >= 0.6 is 0 Å². The standard InChI is InChI=1S/C14H21N3O2/c1-19-13-9-11(7-8-15-13)10-16-14(18)17-12-5-3-2-4-6-12/h7-9,12H,2-6,10H2,1H3,(H2,16,17,18). The van der Waals surface area contributed by atoms with Gasteiger partial charge in [-0.3, -0.25) is 0 Å². The van der Waals surface area contributed by atoms with Crippen LogP contribution in [0.5, 0.6) is 5.88 Å². The lowest BCUT2D eigenvalue weighted by Gasteiger charge is -2.22. The van der Waals surface area contributed by atoms with Crippen LogP contribution in [0, 0.1) is 0 Å². The molecular weight excluding hydrogens is 242 g/mol. The smallest absolute Gasteiger partial charge is 0.315 e. The zero-order valence-corrected chi connectivity index (χ0v) is 11.3. The highest BCUT2D eigenvalue weighted by molar-refractivity contribution is 5.74. The van der Waals surface area contributed by atoms with Gasteiger partial charge in [-0.25, -0.2) is 9.78 Å². The average molecular weight is 263 g/mol. The van der Waals surface area contributed by atoms with E-state index in [9.17, 15) is 4.79 Å². The Kier molecular flexibility index (Phi) is 5.01. The summed E-state index contributed by atoms with van der Waals surface area (Å²) < 4.78 is 5.04. The summed E-state index contributed by atoms with van der Waals surface area (Å²) in [7, 11) is 1.58. The molecule has 19 heavy (non-hydrogen) atoms. The van der Waals surface area contributed by atoms with Crippen LogP contribution < -0.4 is 15.4 Å². The molecule has 5 heteroatoms. The van der Waals surface area contributed by atoms with E-state index in [4.69, 9.17) is 4.74 Å². The fourth-order valence-electron chi connectivity index (χ4n) is 2.34. The number of methoxy groups -OCH3 is 1. The summed E-state index contributed by atoms with van der Waals surface area (Å²) in [5, 5.41) is 5.88. The average Bonchev–Trinajstić information content (AvgIpc) is 2.46. The van der Waals surface area contributed by atoms with E-state index >= 15 is 0 Å². The summed E-state index contributed by atoms with van der Waals surface area (Å²) in [6.45, 7) is 0.484. The maximum atomic E-state index is 11.8. The van der Waals surface area contributed by atoms with E-state index in [1.165, 1.54) is 19.3 Å². The van der Waals surface area contributed by atoms with Crippen LogP contribution in [0.1, 0.15) is 37.7 Å². The van der Waals surface area contributed by atoms with Crippen LogP contribution in [0.4, 0.5) is 4.79 Å². The van der Waals surface area contributed by atoms with Crippen molar-refractivity contribution >= 4 is 6.03 Å². The predicted molar refractivity (Wildman–Crippen MR) is 73.0 cm³/mol. The first-order chi connectivity index (χ1) is 9.28. The fraction of sp³-hybridized carbons (Fsp3) is 0.571. The Hall–Kier alpha value is -1.78. The second kappa shape index (κ2) is 6.97. The molecule has 2 N–H and O–H groups in total. The van der Waals surface area contributed by atoms with Gasteiger partial charge in [0.2, 0.25) is 5.88 Å². The minimum Gasteiger partial charge on any atom is -0.481 e. The molecule has 0 unspecified atom stereocenters. The first kappa shape index (κ1) is 13.6. The van der Waals surface area contributed by atoms with Gasteiger partial charge in [0.15, 0.2) is 0 Å². The normalized spacial score (nSPS) is 15.8. The Balaban J connectivity index is 1.76. The second-order valence-corrected chi connectivity index (χ2v) is 4.87. The van der Waals surface area contributed by atoms with Crippen LogP contribution in [0.25, 0.3) is 0 Å². The van der Waals surface area contributed by atoms with Gasteiger partial charge < -0.3 is 15.4 Å². The van der Waals surface area contributed by atoms with Gasteiger partial charge in [0.1, 0.15) is 0 Å². The van der Waals surface area contributed by atoms with Crippen molar-refractivity contribution in [1.82, 2.24) is 15.6 Å². The molecule has 0 aromatic carbocycles. The van der Waals surface area contributed by atoms with Crippen LogP contribution in [0.15, 0.2) is 18.3 Å². The summed E-state index contributed by atoms with van der Waals surface area (Å²) in [5.74, 6) is 0.562. The molecule has 0 bridgehead atoms. The Morgan fingerprint density at radius 1 is 1.42 bits per heavy atom. The predicted octanol–water partition coefficient (Wildman–Crippen LogP) is 2.22. The molecule has 1 saturated carbocycles. The molecular formula is C14H21N3O2. The molecule has 0 saturated heterocycles. The first-order valence-electron chi connectivity index (χ1n) is 6.81. The molecule has 1 heterocycles. The van der Waals surface area contributed by atoms with Gasteiger partial charge in [-0.15, -0.1) is 0 Å². The molecule has 0 atom stereocenters. The van der Waals surface area contributed by atoms with Gasteiger partial charge in [0.25, 0.3) is 0 Å². The molecule has 104 valence electrons. The van der Waals surface area contributed by atoms with E-state index in [1.807, 2.05) is 12.1 Å². The van der Waals surface area contributed by atoms with Crippen LogP contribution in [0.3, 0.4) is 0 Å². The zero-order chi connectivity index (χ0) is 13.5. The molecule has 5 nitrogen and oxygen atoms in total. The molecule has 1 aromatic heterocycles. The second-order valence-electron chi connectivity index (χ2n) is 4.87. The maximum absolute atomic E-state index is 11.8. The largest absolute Gasteiger partial charge is 0.481 e. The monoisotopic (exact) mass is 263 g/mol. The number of carbonyl (C=O) groups is 1. The Morgan fingerprint density at radius 3 is 2.95 bits per heavy atom. The van der Waals surface area contributed by atoms with Gasteiger partial charge in [-0.05, 0) is 24.5 Å². The molecule has 1 fully saturated rings. The first-order valence-corrected chi connectivity index (χ1v) is 6.81. The minimum atomic E-state index is -0.0947. The third-order valence-electron chi connectivity index (χ3n) is 3.40. The SMILES string of the molecule is COc1cc(CNC(=O)NC2CCCCC2)ccn1. The Morgan fingerprint density at radius 2 is 2.21 bits per heavy atom. The van der Waals surface area contributed by atoms with Gasteiger partial charge >= 0.3 is 6.03 Å².